The molecule has 0 aliphatic carbocycles. The lowest BCUT2D eigenvalue weighted by atomic mass is 10.1. The summed E-state index contributed by atoms with van der Waals surface area (Å²) in [5.41, 5.74) is 2.35. The summed E-state index contributed by atoms with van der Waals surface area (Å²) < 4.78 is 0. The molecule has 0 aromatic heterocycles. The van der Waals surface area contributed by atoms with Crippen molar-refractivity contribution in [2.45, 2.75) is 33.2 Å². The van der Waals surface area contributed by atoms with E-state index in [0.29, 0.717) is 6.04 Å². The fourth-order valence-corrected chi connectivity index (χ4v) is 2.32. The van der Waals surface area contributed by atoms with E-state index in [9.17, 15) is 0 Å². The van der Waals surface area contributed by atoms with Crippen LogP contribution < -0.4 is 10.2 Å². The average Bonchev–Trinajstić information content (AvgIpc) is 2.29. The lowest BCUT2D eigenvalue weighted by Gasteiger charge is -2.21. The van der Waals surface area contributed by atoms with E-state index in [1.54, 1.807) is 0 Å². The molecule has 0 aliphatic heterocycles. The van der Waals surface area contributed by atoms with Crippen molar-refractivity contribution in [1.82, 2.24) is 5.32 Å². The lowest BCUT2D eigenvalue weighted by Crippen LogP contribution is -2.20. The highest BCUT2D eigenvalue weighted by molar-refractivity contribution is 6.31. The van der Waals surface area contributed by atoms with Crippen LogP contribution in [0.4, 0.5) is 5.69 Å². The first-order valence-electron chi connectivity index (χ1n) is 6.34. The fraction of sp³-hybridized carbons (Fsp3) is 0.571. The molecular formula is C14H23ClN2. The highest BCUT2D eigenvalue weighted by Gasteiger charge is 2.10. The zero-order chi connectivity index (χ0) is 12.8. The highest BCUT2D eigenvalue weighted by Crippen LogP contribution is 2.27. The maximum absolute atomic E-state index is 6.34. The minimum Gasteiger partial charge on any atom is -0.375 e. The van der Waals surface area contributed by atoms with Gasteiger partial charge in [-0.15, -0.1) is 0 Å². The summed E-state index contributed by atoms with van der Waals surface area (Å²) >= 11 is 6.34. The number of nitrogens with one attached hydrogen (secondary N) is 1. The van der Waals surface area contributed by atoms with Crippen LogP contribution in [0.3, 0.4) is 0 Å². The molecule has 1 aromatic carbocycles. The maximum Gasteiger partial charge on any atom is 0.0474 e. The Labute approximate surface area is 110 Å². The molecule has 1 aromatic rings. The van der Waals surface area contributed by atoms with Gasteiger partial charge in [0.2, 0.25) is 0 Å². The summed E-state index contributed by atoms with van der Waals surface area (Å²) in [6.07, 6.45) is 1.14. The van der Waals surface area contributed by atoms with Crippen LogP contribution in [-0.2, 0) is 0 Å². The van der Waals surface area contributed by atoms with Crippen molar-refractivity contribution in [3.63, 3.8) is 0 Å². The summed E-state index contributed by atoms with van der Waals surface area (Å²) in [6.45, 7) is 8.43. The molecule has 1 rings (SSSR count). The first-order chi connectivity index (χ1) is 8.10. The van der Waals surface area contributed by atoms with Gasteiger partial charge < -0.3 is 10.2 Å². The Bertz CT molecular complexity index is 352. The van der Waals surface area contributed by atoms with Gasteiger partial charge in [0.25, 0.3) is 0 Å². The van der Waals surface area contributed by atoms with E-state index in [1.165, 1.54) is 11.3 Å². The Morgan fingerprint density at radius 1 is 1.35 bits per heavy atom. The number of hydrogen-bond donors (Lipinski definition) is 1. The third-order valence-electron chi connectivity index (χ3n) is 2.96. The van der Waals surface area contributed by atoms with E-state index in [2.05, 4.69) is 56.2 Å². The monoisotopic (exact) mass is 254 g/mol. The van der Waals surface area contributed by atoms with Gasteiger partial charge in [0, 0.05) is 30.3 Å². The molecule has 0 saturated heterocycles. The molecule has 96 valence electrons. The average molecular weight is 255 g/mol. The molecule has 3 heteroatoms. The fourth-order valence-electron chi connectivity index (χ4n) is 1.99. The summed E-state index contributed by atoms with van der Waals surface area (Å²) in [5.74, 6) is 0. The first kappa shape index (κ1) is 14.3. The Balaban J connectivity index is 2.85. The van der Waals surface area contributed by atoms with Crippen molar-refractivity contribution in [2.24, 2.45) is 0 Å². The lowest BCUT2D eigenvalue weighted by molar-refractivity contribution is 0.598. The van der Waals surface area contributed by atoms with E-state index in [0.717, 1.165) is 24.5 Å². The predicted octanol–water partition coefficient (Wildman–Crippen LogP) is 3.86. The largest absolute Gasteiger partial charge is 0.375 e. The van der Waals surface area contributed by atoms with E-state index in [1.807, 2.05) is 0 Å². The van der Waals surface area contributed by atoms with Gasteiger partial charge in [0.1, 0.15) is 0 Å². The van der Waals surface area contributed by atoms with Crippen LogP contribution in [0.5, 0.6) is 0 Å². The molecule has 0 saturated carbocycles. The van der Waals surface area contributed by atoms with Gasteiger partial charge in [-0.3, -0.25) is 0 Å². The van der Waals surface area contributed by atoms with E-state index >= 15 is 0 Å². The Hall–Kier alpha value is -0.730. The third-order valence-corrected chi connectivity index (χ3v) is 3.29. The molecule has 0 bridgehead atoms. The molecule has 1 atom stereocenters. The minimum absolute atomic E-state index is 0.304. The number of benzene rings is 1. The Morgan fingerprint density at radius 3 is 2.59 bits per heavy atom. The summed E-state index contributed by atoms with van der Waals surface area (Å²) in [5, 5.41) is 4.22. The number of anilines is 1. The quantitative estimate of drug-likeness (QED) is 0.830. The molecule has 17 heavy (non-hydrogen) atoms. The third kappa shape index (κ3) is 3.90. The van der Waals surface area contributed by atoms with E-state index in [4.69, 9.17) is 11.6 Å². The van der Waals surface area contributed by atoms with E-state index in [-0.39, 0.29) is 0 Å². The van der Waals surface area contributed by atoms with E-state index < -0.39 is 0 Å². The second kappa shape index (κ2) is 6.87. The second-order valence-electron chi connectivity index (χ2n) is 4.41. The van der Waals surface area contributed by atoms with Crippen LogP contribution in [0, 0.1) is 0 Å². The minimum atomic E-state index is 0.304. The maximum atomic E-state index is 6.34. The SMILES string of the molecule is CCCN(C)c1ccc(C(C)NCC)c(Cl)c1. The molecule has 0 amide bonds. The highest BCUT2D eigenvalue weighted by atomic mass is 35.5. The van der Waals surface area contributed by atoms with Crippen molar-refractivity contribution in [1.29, 1.82) is 0 Å². The smallest absolute Gasteiger partial charge is 0.0474 e. The molecule has 0 aliphatic rings. The molecular weight excluding hydrogens is 232 g/mol. The number of rotatable bonds is 6. The topological polar surface area (TPSA) is 15.3 Å². The summed E-state index contributed by atoms with van der Waals surface area (Å²) in [7, 11) is 2.10. The molecule has 2 nitrogen and oxygen atoms in total. The second-order valence-corrected chi connectivity index (χ2v) is 4.81. The van der Waals surface area contributed by atoms with Crippen LogP contribution in [0.2, 0.25) is 5.02 Å². The molecule has 0 radical (unpaired) electrons. The first-order valence-corrected chi connectivity index (χ1v) is 6.71. The van der Waals surface area contributed by atoms with Crippen LogP contribution in [0.1, 0.15) is 38.8 Å². The standard InChI is InChI=1S/C14H23ClN2/c1-5-9-17(4)12-7-8-13(14(15)10-12)11(3)16-6-2/h7-8,10-11,16H,5-6,9H2,1-4H3. The van der Waals surface area contributed by atoms with Gasteiger partial charge in [-0.1, -0.05) is 31.5 Å². The molecule has 1 unspecified atom stereocenters. The van der Waals surface area contributed by atoms with Crippen LogP contribution in [0.15, 0.2) is 18.2 Å². The van der Waals surface area contributed by atoms with Crippen molar-refractivity contribution in [3.05, 3.63) is 28.8 Å². The van der Waals surface area contributed by atoms with Gasteiger partial charge in [0.15, 0.2) is 0 Å². The van der Waals surface area contributed by atoms with Gasteiger partial charge >= 0.3 is 0 Å². The molecule has 1 N–H and O–H groups in total. The molecule has 0 fully saturated rings. The van der Waals surface area contributed by atoms with Gasteiger partial charge in [0.05, 0.1) is 0 Å². The predicted molar refractivity (Wildman–Crippen MR) is 77.1 cm³/mol. The van der Waals surface area contributed by atoms with Gasteiger partial charge in [-0.2, -0.15) is 0 Å². The van der Waals surface area contributed by atoms with Gasteiger partial charge in [-0.05, 0) is 37.6 Å². The van der Waals surface area contributed by atoms with Gasteiger partial charge in [-0.25, -0.2) is 0 Å². The van der Waals surface area contributed by atoms with Crippen molar-refractivity contribution in [2.75, 3.05) is 25.0 Å². The zero-order valence-electron chi connectivity index (χ0n) is 11.3. The van der Waals surface area contributed by atoms with Crippen molar-refractivity contribution in [3.8, 4) is 0 Å². The number of hydrogen-bond acceptors (Lipinski definition) is 2. The Kier molecular flexibility index (Phi) is 5.79. The van der Waals surface area contributed by atoms with Crippen molar-refractivity contribution < 1.29 is 0 Å². The molecule has 0 spiro atoms. The van der Waals surface area contributed by atoms with Crippen LogP contribution >= 0.6 is 11.6 Å². The van der Waals surface area contributed by atoms with Crippen molar-refractivity contribution >= 4 is 17.3 Å². The number of nitrogens with zero attached hydrogens (tertiary/aromatic N) is 1. The summed E-state index contributed by atoms with van der Waals surface area (Å²) in [4.78, 5) is 2.23. The Morgan fingerprint density at radius 2 is 2.06 bits per heavy atom. The molecule has 0 heterocycles. The summed E-state index contributed by atoms with van der Waals surface area (Å²) in [6, 6.07) is 6.63. The van der Waals surface area contributed by atoms with Crippen LogP contribution in [-0.4, -0.2) is 20.1 Å². The zero-order valence-corrected chi connectivity index (χ0v) is 12.0. The normalized spacial score (nSPS) is 12.5. The number of halogens is 1. The van der Waals surface area contributed by atoms with Crippen LogP contribution in [0.25, 0.3) is 0 Å².